The first-order valence-electron chi connectivity index (χ1n) is 7.48. The van der Waals surface area contributed by atoms with Crippen molar-refractivity contribution in [1.82, 2.24) is 9.97 Å². The monoisotopic (exact) mass is 282 g/mol. The van der Waals surface area contributed by atoms with Gasteiger partial charge in [0.05, 0.1) is 0 Å². The summed E-state index contributed by atoms with van der Waals surface area (Å²) in [5, 5.41) is 0. The number of para-hydroxylation sites is 1. The first-order chi connectivity index (χ1) is 10.1. The van der Waals surface area contributed by atoms with Gasteiger partial charge < -0.3 is 9.80 Å². The van der Waals surface area contributed by atoms with Crippen LogP contribution in [0.5, 0.6) is 0 Å². The van der Waals surface area contributed by atoms with Crippen molar-refractivity contribution in [2.75, 3.05) is 30.4 Å². The molecule has 0 aliphatic carbocycles. The van der Waals surface area contributed by atoms with Gasteiger partial charge in [0.25, 0.3) is 0 Å². The molecule has 0 spiro atoms. The van der Waals surface area contributed by atoms with Crippen LogP contribution in [0.25, 0.3) is 0 Å². The van der Waals surface area contributed by atoms with Gasteiger partial charge in [0, 0.05) is 37.8 Å². The Bertz CT molecular complexity index is 635. The van der Waals surface area contributed by atoms with Crippen LogP contribution < -0.4 is 9.80 Å². The molecular weight excluding hydrogens is 260 g/mol. The lowest BCUT2D eigenvalue weighted by Crippen LogP contribution is -2.17. The highest BCUT2D eigenvalue weighted by atomic mass is 15.3. The first-order valence-corrected chi connectivity index (χ1v) is 7.48. The Hall–Kier alpha value is -2.10. The van der Waals surface area contributed by atoms with E-state index in [-0.39, 0.29) is 0 Å². The summed E-state index contributed by atoms with van der Waals surface area (Å²) < 4.78 is 0. The van der Waals surface area contributed by atoms with E-state index in [4.69, 9.17) is 9.97 Å². The zero-order valence-electron chi connectivity index (χ0n) is 13.2. The molecule has 21 heavy (non-hydrogen) atoms. The second kappa shape index (κ2) is 5.35. The van der Waals surface area contributed by atoms with E-state index in [0.29, 0.717) is 5.92 Å². The zero-order valence-corrected chi connectivity index (χ0v) is 13.2. The second-order valence-electron chi connectivity index (χ2n) is 5.99. The fourth-order valence-corrected chi connectivity index (χ4v) is 2.74. The highest BCUT2D eigenvalue weighted by Gasteiger charge is 2.27. The molecule has 2 heterocycles. The van der Waals surface area contributed by atoms with Gasteiger partial charge in [-0.3, -0.25) is 0 Å². The van der Waals surface area contributed by atoms with E-state index in [0.717, 1.165) is 30.4 Å². The molecule has 0 atom stereocenters. The molecule has 0 amide bonds. The van der Waals surface area contributed by atoms with Crippen molar-refractivity contribution in [1.29, 1.82) is 0 Å². The van der Waals surface area contributed by atoms with E-state index in [2.05, 4.69) is 62.0 Å². The van der Waals surface area contributed by atoms with Crippen molar-refractivity contribution in [3.8, 4) is 0 Å². The molecule has 1 aliphatic rings. The van der Waals surface area contributed by atoms with Gasteiger partial charge in [-0.25, -0.2) is 9.97 Å². The summed E-state index contributed by atoms with van der Waals surface area (Å²) in [5.74, 6) is 3.37. The van der Waals surface area contributed by atoms with Crippen LogP contribution in [0.1, 0.15) is 31.2 Å². The van der Waals surface area contributed by atoms with Crippen LogP contribution in [-0.4, -0.2) is 30.6 Å². The number of aromatic nitrogens is 2. The Morgan fingerprint density at radius 3 is 2.43 bits per heavy atom. The number of anilines is 3. The topological polar surface area (TPSA) is 32.3 Å². The molecule has 4 heteroatoms. The SMILES string of the molecule is CC(C)c1nc(N(C)C)c2c(n1)N(c1ccccc1)CC2. The number of rotatable bonds is 3. The minimum atomic E-state index is 0.326. The zero-order chi connectivity index (χ0) is 15.0. The van der Waals surface area contributed by atoms with Gasteiger partial charge in [-0.05, 0) is 18.6 Å². The minimum absolute atomic E-state index is 0.326. The van der Waals surface area contributed by atoms with Crippen LogP contribution in [0, 0.1) is 0 Å². The van der Waals surface area contributed by atoms with Crippen LogP contribution in [0.15, 0.2) is 30.3 Å². The van der Waals surface area contributed by atoms with Gasteiger partial charge in [0.2, 0.25) is 0 Å². The first kappa shape index (κ1) is 13.9. The summed E-state index contributed by atoms with van der Waals surface area (Å²) in [6.45, 7) is 5.25. The molecule has 0 saturated carbocycles. The van der Waals surface area contributed by atoms with E-state index in [1.165, 1.54) is 11.3 Å². The second-order valence-corrected chi connectivity index (χ2v) is 5.99. The average molecular weight is 282 g/mol. The highest BCUT2D eigenvalue weighted by Crippen LogP contribution is 2.37. The van der Waals surface area contributed by atoms with Crippen LogP contribution >= 0.6 is 0 Å². The number of nitrogens with zero attached hydrogens (tertiary/aromatic N) is 4. The maximum absolute atomic E-state index is 4.84. The van der Waals surface area contributed by atoms with Gasteiger partial charge in [0.15, 0.2) is 0 Å². The van der Waals surface area contributed by atoms with Gasteiger partial charge in [-0.1, -0.05) is 32.0 Å². The molecule has 0 unspecified atom stereocenters. The summed E-state index contributed by atoms with van der Waals surface area (Å²) >= 11 is 0. The van der Waals surface area contributed by atoms with Crippen LogP contribution in [-0.2, 0) is 6.42 Å². The Balaban J connectivity index is 2.13. The molecular formula is C17H22N4. The molecule has 110 valence electrons. The molecule has 1 aromatic heterocycles. The fourth-order valence-electron chi connectivity index (χ4n) is 2.74. The van der Waals surface area contributed by atoms with Crippen molar-refractivity contribution in [2.45, 2.75) is 26.2 Å². The Labute approximate surface area is 126 Å². The predicted molar refractivity (Wildman–Crippen MR) is 87.6 cm³/mol. The minimum Gasteiger partial charge on any atom is -0.362 e. The number of benzene rings is 1. The molecule has 0 bridgehead atoms. The summed E-state index contributed by atoms with van der Waals surface area (Å²) in [4.78, 5) is 14.0. The molecule has 1 aliphatic heterocycles. The third-order valence-electron chi connectivity index (χ3n) is 3.83. The lowest BCUT2D eigenvalue weighted by atomic mass is 10.2. The lowest BCUT2D eigenvalue weighted by molar-refractivity contribution is 0.768. The summed E-state index contributed by atoms with van der Waals surface area (Å²) in [7, 11) is 4.11. The van der Waals surface area contributed by atoms with Crippen molar-refractivity contribution < 1.29 is 0 Å². The molecule has 3 rings (SSSR count). The molecule has 0 N–H and O–H groups in total. The summed E-state index contributed by atoms with van der Waals surface area (Å²) in [6, 6.07) is 10.5. The smallest absolute Gasteiger partial charge is 0.142 e. The highest BCUT2D eigenvalue weighted by molar-refractivity contribution is 5.71. The van der Waals surface area contributed by atoms with E-state index in [1.807, 2.05) is 6.07 Å². The Morgan fingerprint density at radius 1 is 1.10 bits per heavy atom. The standard InChI is InChI=1S/C17H22N4/c1-12(2)15-18-16(20(3)4)14-10-11-21(17(14)19-15)13-8-6-5-7-9-13/h5-9,12H,10-11H2,1-4H3. The third kappa shape index (κ3) is 2.46. The van der Waals surface area contributed by atoms with E-state index in [1.54, 1.807) is 0 Å². The summed E-state index contributed by atoms with van der Waals surface area (Å²) in [5.41, 5.74) is 2.46. The fraction of sp³-hybridized carbons (Fsp3) is 0.412. The van der Waals surface area contributed by atoms with E-state index >= 15 is 0 Å². The molecule has 0 radical (unpaired) electrons. The summed E-state index contributed by atoms with van der Waals surface area (Å²) in [6.07, 6.45) is 0.996. The van der Waals surface area contributed by atoms with Gasteiger partial charge >= 0.3 is 0 Å². The largest absolute Gasteiger partial charge is 0.362 e. The maximum atomic E-state index is 4.84. The van der Waals surface area contributed by atoms with Crippen molar-refractivity contribution in [2.24, 2.45) is 0 Å². The molecule has 2 aromatic rings. The van der Waals surface area contributed by atoms with Crippen LogP contribution in [0.4, 0.5) is 17.3 Å². The van der Waals surface area contributed by atoms with Crippen molar-refractivity contribution in [3.05, 3.63) is 41.7 Å². The number of hydrogen-bond acceptors (Lipinski definition) is 4. The van der Waals surface area contributed by atoms with Crippen LogP contribution in [0.3, 0.4) is 0 Å². The predicted octanol–water partition coefficient (Wildman–Crippen LogP) is 3.36. The van der Waals surface area contributed by atoms with Gasteiger partial charge in [-0.2, -0.15) is 0 Å². The van der Waals surface area contributed by atoms with E-state index in [9.17, 15) is 0 Å². The van der Waals surface area contributed by atoms with Crippen molar-refractivity contribution in [3.63, 3.8) is 0 Å². The number of hydrogen-bond donors (Lipinski definition) is 0. The van der Waals surface area contributed by atoms with E-state index < -0.39 is 0 Å². The average Bonchev–Trinajstić information content (AvgIpc) is 2.90. The van der Waals surface area contributed by atoms with Gasteiger partial charge in [-0.15, -0.1) is 0 Å². The Kier molecular flexibility index (Phi) is 3.53. The molecule has 1 aromatic carbocycles. The quantitative estimate of drug-likeness (QED) is 0.864. The molecule has 0 fully saturated rings. The maximum Gasteiger partial charge on any atom is 0.142 e. The van der Waals surface area contributed by atoms with Crippen LogP contribution in [0.2, 0.25) is 0 Å². The lowest BCUT2D eigenvalue weighted by Gasteiger charge is -2.21. The third-order valence-corrected chi connectivity index (χ3v) is 3.83. The van der Waals surface area contributed by atoms with Crippen molar-refractivity contribution >= 4 is 17.3 Å². The Morgan fingerprint density at radius 2 is 1.81 bits per heavy atom. The molecule has 4 nitrogen and oxygen atoms in total. The van der Waals surface area contributed by atoms with Gasteiger partial charge in [0.1, 0.15) is 17.5 Å². The normalized spacial score (nSPS) is 13.7. The molecule has 0 saturated heterocycles. The number of fused-ring (bicyclic) bond motifs is 1.